The van der Waals surface area contributed by atoms with Gasteiger partial charge >= 0.3 is 5.97 Å². The van der Waals surface area contributed by atoms with E-state index >= 15 is 0 Å². The Labute approximate surface area is 85.2 Å². The van der Waals surface area contributed by atoms with Crippen molar-refractivity contribution in [3.05, 3.63) is 17.7 Å². The van der Waals surface area contributed by atoms with E-state index in [0.717, 1.165) is 12.1 Å². The van der Waals surface area contributed by atoms with E-state index in [1.807, 2.05) is 0 Å². The van der Waals surface area contributed by atoms with E-state index in [1.165, 1.54) is 0 Å². The second kappa shape index (κ2) is 4.52. The zero-order valence-electron chi connectivity index (χ0n) is 7.93. The average molecular weight is 214 g/mol. The summed E-state index contributed by atoms with van der Waals surface area (Å²) < 4.78 is 0. The molecule has 0 amide bonds. The minimum atomic E-state index is -0.873. The molecular weight excluding hydrogens is 204 g/mol. The first-order chi connectivity index (χ1) is 7.06. The Balaban J connectivity index is 2.91. The van der Waals surface area contributed by atoms with E-state index in [4.69, 9.17) is 15.3 Å². The van der Waals surface area contributed by atoms with Crippen molar-refractivity contribution in [2.75, 3.05) is 6.61 Å². The van der Waals surface area contributed by atoms with Gasteiger partial charge in [-0.3, -0.25) is 4.89 Å². The fourth-order valence-corrected chi connectivity index (χ4v) is 0.883. The Hall–Kier alpha value is -1.95. The first-order valence-electron chi connectivity index (χ1n) is 4.15. The fourth-order valence-electron chi connectivity index (χ4n) is 0.883. The Morgan fingerprint density at radius 3 is 2.27 bits per heavy atom. The zero-order chi connectivity index (χ0) is 11.4. The smallest absolute Gasteiger partial charge is 0.373 e. The summed E-state index contributed by atoms with van der Waals surface area (Å²) in [5, 5.41) is 27.2. The van der Waals surface area contributed by atoms with E-state index in [-0.39, 0.29) is 12.2 Å². The van der Waals surface area contributed by atoms with Crippen molar-refractivity contribution in [2.24, 2.45) is 0 Å². The van der Waals surface area contributed by atoms with Crippen molar-refractivity contribution >= 4 is 5.97 Å². The van der Waals surface area contributed by atoms with Gasteiger partial charge in [0.05, 0.1) is 12.2 Å². The maximum Gasteiger partial charge on any atom is 0.373 e. The summed E-state index contributed by atoms with van der Waals surface area (Å²) in [6, 6.07) is 1.91. The van der Waals surface area contributed by atoms with Gasteiger partial charge in [0.2, 0.25) is 0 Å². The zero-order valence-corrected chi connectivity index (χ0v) is 7.93. The third-order valence-corrected chi connectivity index (χ3v) is 1.56. The molecule has 0 bridgehead atoms. The summed E-state index contributed by atoms with van der Waals surface area (Å²) in [5.41, 5.74) is -0.128. The first kappa shape index (κ1) is 11.1. The summed E-state index contributed by atoms with van der Waals surface area (Å²) in [6.45, 7) is 1.81. The maximum atomic E-state index is 11.2. The Bertz CT molecular complexity index is 350. The van der Waals surface area contributed by atoms with Gasteiger partial charge in [-0.15, -0.1) is 0 Å². The Morgan fingerprint density at radius 2 is 1.80 bits per heavy atom. The molecule has 0 aromatic heterocycles. The summed E-state index contributed by atoms with van der Waals surface area (Å²) in [7, 11) is 0. The van der Waals surface area contributed by atoms with Crippen LogP contribution in [0.2, 0.25) is 0 Å². The molecule has 0 saturated carbocycles. The quantitative estimate of drug-likeness (QED) is 0.393. The highest BCUT2D eigenvalue weighted by Gasteiger charge is 2.15. The lowest BCUT2D eigenvalue weighted by Gasteiger charge is -2.04. The minimum Gasteiger partial charge on any atom is -0.504 e. The normalized spacial score (nSPS) is 9.93. The van der Waals surface area contributed by atoms with Crippen molar-refractivity contribution < 1.29 is 29.9 Å². The van der Waals surface area contributed by atoms with Crippen LogP contribution in [0.15, 0.2) is 12.1 Å². The van der Waals surface area contributed by atoms with Crippen LogP contribution in [0, 0.1) is 0 Å². The van der Waals surface area contributed by atoms with Gasteiger partial charge in [-0.2, -0.15) is 4.89 Å². The molecule has 0 aliphatic carbocycles. The van der Waals surface area contributed by atoms with E-state index in [9.17, 15) is 4.79 Å². The predicted octanol–water partition coefficient (Wildman–Crippen LogP) is 0.912. The van der Waals surface area contributed by atoms with Gasteiger partial charge in [-0.1, -0.05) is 0 Å². The number of hydrogen-bond acceptors (Lipinski definition) is 6. The Morgan fingerprint density at radius 1 is 1.27 bits per heavy atom. The van der Waals surface area contributed by atoms with Gasteiger partial charge in [0.25, 0.3) is 0 Å². The van der Waals surface area contributed by atoms with Crippen LogP contribution in [0.3, 0.4) is 0 Å². The van der Waals surface area contributed by atoms with Crippen molar-refractivity contribution in [2.45, 2.75) is 6.92 Å². The molecule has 0 atom stereocenters. The average Bonchev–Trinajstić information content (AvgIpc) is 2.21. The van der Waals surface area contributed by atoms with Gasteiger partial charge in [0, 0.05) is 0 Å². The molecule has 6 heteroatoms. The molecule has 0 aliphatic heterocycles. The third-order valence-electron chi connectivity index (χ3n) is 1.56. The van der Waals surface area contributed by atoms with Crippen molar-refractivity contribution in [3.63, 3.8) is 0 Å². The summed E-state index contributed by atoms with van der Waals surface area (Å²) >= 11 is 0. The van der Waals surface area contributed by atoms with Crippen molar-refractivity contribution in [1.82, 2.24) is 0 Å². The van der Waals surface area contributed by atoms with Gasteiger partial charge in [-0.25, -0.2) is 4.79 Å². The Kier molecular flexibility index (Phi) is 3.35. The lowest BCUT2D eigenvalue weighted by Crippen LogP contribution is -2.05. The highest BCUT2D eigenvalue weighted by molar-refractivity contribution is 5.90. The number of carbonyl (C=O) groups excluding carboxylic acids is 1. The second-order valence-electron chi connectivity index (χ2n) is 2.64. The topological polar surface area (TPSA) is 96.2 Å². The highest BCUT2D eigenvalue weighted by atomic mass is 17.2. The summed E-state index contributed by atoms with van der Waals surface area (Å²) in [5.74, 6) is -2.79. The number of carbonyl (C=O) groups is 1. The van der Waals surface area contributed by atoms with E-state index in [1.54, 1.807) is 6.92 Å². The monoisotopic (exact) mass is 214 g/mol. The lowest BCUT2D eigenvalue weighted by molar-refractivity contribution is -0.236. The van der Waals surface area contributed by atoms with Crippen LogP contribution < -0.4 is 0 Å². The molecule has 3 N–H and O–H groups in total. The largest absolute Gasteiger partial charge is 0.504 e. The molecule has 0 unspecified atom stereocenters. The summed E-state index contributed by atoms with van der Waals surface area (Å²) in [4.78, 5) is 19.8. The molecule has 82 valence electrons. The van der Waals surface area contributed by atoms with Crippen LogP contribution in [0.25, 0.3) is 0 Å². The molecule has 0 aliphatic rings. The fraction of sp³-hybridized carbons (Fsp3) is 0.222. The highest BCUT2D eigenvalue weighted by Crippen LogP contribution is 2.35. The molecule has 1 rings (SSSR count). The maximum absolute atomic E-state index is 11.2. The first-order valence-corrected chi connectivity index (χ1v) is 4.15. The molecular formula is C9H10O6. The molecule has 0 fully saturated rings. The van der Waals surface area contributed by atoms with Crippen LogP contribution in [-0.2, 0) is 9.78 Å². The van der Waals surface area contributed by atoms with Gasteiger partial charge in [-0.05, 0) is 19.1 Å². The minimum absolute atomic E-state index is 0.128. The molecule has 0 saturated heterocycles. The van der Waals surface area contributed by atoms with Gasteiger partial charge in [0.15, 0.2) is 17.2 Å². The van der Waals surface area contributed by atoms with Crippen LogP contribution >= 0.6 is 0 Å². The van der Waals surface area contributed by atoms with Crippen LogP contribution in [0.5, 0.6) is 17.2 Å². The molecule has 6 nitrogen and oxygen atoms in total. The SMILES string of the molecule is CCOOC(=O)c1cc(O)c(O)c(O)c1. The molecule has 15 heavy (non-hydrogen) atoms. The second-order valence-corrected chi connectivity index (χ2v) is 2.64. The van der Waals surface area contributed by atoms with Crippen LogP contribution in [0.1, 0.15) is 17.3 Å². The number of phenolic OH excluding ortho intramolecular Hbond substituents is 3. The van der Waals surface area contributed by atoms with Crippen LogP contribution in [0.4, 0.5) is 0 Å². The van der Waals surface area contributed by atoms with Crippen molar-refractivity contribution in [1.29, 1.82) is 0 Å². The molecule has 1 aromatic rings. The number of phenols is 3. The number of hydrogen-bond donors (Lipinski definition) is 3. The molecule has 0 radical (unpaired) electrons. The molecule has 1 aromatic carbocycles. The number of aromatic hydroxyl groups is 3. The lowest BCUT2D eigenvalue weighted by atomic mass is 10.2. The van der Waals surface area contributed by atoms with Crippen molar-refractivity contribution in [3.8, 4) is 17.2 Å². The molecule has 0 spiro atoms. The van der Waals surface area contributed by atoms with Crippen LogP contribution in [-0.4, -0.2) is 27.9 Å². The van der Waals surface area contributed by atoms with E-state index in [2.05, 4.69) is 9.78 Å². The van der Waals surface area contributed by atoms with Gasteiger partial charge < -0.3 is 15.3 Å². The standard InChI is InChI=1S/C9H10O6/c1-2-14-15-9(13)5-3-6(10)8(12)7(11)4-5/h3-4,10-12H,2H2,1H3. The molecule has 0 heterocycles. The number of rotatable bonds is 3. The van der Waals surface area contributed by atoms with E-state index < -0.39 is 23.2 Å². The third kappa shape index (κ3) is 2.50. The van der Waals surface area contributed by atoms with E-state index in [0.29, 0.717) is 0 Å². The number of benzene rings is 1. The summed E-state index contributed by atoms with van der Waals surface area (Å²) in [6.07, 6.45) is 0. The van der Waals surface area contributed by atoms with Gasteiger partial charge in [0.1, 0.15) is 0 Å². The predicted molar refractivity (Wildman–Crippen MR) is 48.5 cm³/mol.